The summed E-state index contributed by atoms with van der Waals surface area (Å²) in [4.78, 5) is 13.1. The molecule has 0 heterocycles. The Bertz CT molecular complexity index is 426. The third kappa shape index (κ3) is 4.13. The van der Waals surface area contributed by atoms with Gasteiger partial charge in [-0.05, 0) is 6.42 Å². The molecule has 0 spiro atoms. The normalized spacial score (nSPS) is 10.4. The van der Waals surface area contributed by atoms with Gasteiger partial charge in [0, 0.05) is 30.9 Å². The van der Waals surface area contributed by atoms with Crippen LogP contribution in [0.4, 0.5) is 23.7 Å². The SMILES string of the molecule is CCCN(CCO)C(=O)Nc1cc(F)c(F)c(F)c1. The van der Waals surface area contributed by atoms with E-state index in [4.69, 9.17) is 5.11 Å². The molecule has 0 saturated heterocycles. The summed E-state index contributed by atoms with van der Waals surface area (Å²) in [5, 5.41) is 11.1. The van der Waals surface area contributed by atoms with Crippen LogP contribution in [0, 0.1) is 17.5 Å². The third-order valence-corrected chi connectivity index (χ3v) is 2.39. The third-order valence-electron chi connectivity index (χ3n) is 2.39. The monoisotopic (exact) mass is 276 g/mol. The van der Waals surface area contributed by atoms with Gasteiger partial charge >= 0.3 is 6.03 Å². The van der Waals surface area contributed by atoms with E-state index in [1.54, 1.807) is 0 Å². The Morgan fingerprint density at radius 3 is 2.32 bits per heavy atom. The number of aliphatic hydroxyl groups is 1. The van der Waals surface area contributed by atoms with Gasteiger partial charge in [0.2, 0.25) is 0 Å². The van der Waals surface area contributed by atoms with Crippen molar-refractivity contribution in [2.75, 3.05) is 25.0 Å². The van der Waals surface area contributed by atoms with E-state index in [9.17, 15) is 18.0 Å². The van der Waals surface area contributed by atoms with E-state index in [2.05, 4.69) is 5.32 Å². The summed E-state index contributed by atoms with van der Waals surface area (Å²) in [6.07, 6.45) is 0.666. The van der Waals surface area contributed by atoms with E-state index in [1.165, 1.54) is 4.90 Å². The van der Waals surface area contributed by atoms with Gasteiger partial charge in [0.1, 0.15) is 0 Å². The topological polar surface area (TPSA) is 52.6 Å². The van der Waals surface area contributed by atoms with E-state index in [0.29, 0.717) is 25.1 Å². The van der Waals surface area contributed by atoms with Gasteiger partial charge in [-0.15, -0.1) is 0 Å². The van der Waals surface area contributed by atoms with Crippen LogP contribution in [-0.4, -0.2) is 35.7 Å². The molecule has 2 N–H and O–H groups in total. The highest BCUT2D eigenvalue weighted by Gasteiger charge is 2.15. The van der Waals surface area contributed by atoms with Crippen LogP contribution in [0.5, 0.6) is 0 Å². The van der Waals surface area contributed by atoms with Crippen molar-refractivity contribution in [3.8, 4) is 0 Å². The molecule has 0 atom stereocenters. The number of rotatable bonds is 5. The minimum absolute atomic E-state index is 0.103. The lowest BCUT2D eigenvalue weighted by atomic mass is 10.3. The summed E-state index contributed by atoms with van der Waals surface area (Å²) in [7, 11) is 0. The van der Waals surface area contributed by atoms with Crippen molar-refractivity contribution >= 4 is 11.7 Å². The molecule has 0 fully saturated rings. The predicted molar refractivity (Wildman–Crippen MR) is 64.3 cm³/mol. The molecule has 1 aromatic carbocycles. The fraction of sp³-hybridized carbons (Fsp3) is 0.417. The average molecular weight is 276 g/mol. The Balaban J connectivity index is 2.80. The molecule has 4 nitrogen and oxygen atoms in total. The maximum absolute atomic E-state index is 13.0. The lowest BCUT2D eigenvalue weighted by Gasteiger charge is -2.21. The summed E-state index contributed by atoms with van der Waals surface area (Å²) >= 11 is 0. The number of halogens is 3. The van der Waals surface area contributed by atoms with E-state index in [0.717, 1.165) is 0 Å². The summed E-state index contributed by atoms with van der Waals surface area (Å²) in [6, 6.07) is 0.778. The number of benzene rings is 1. The second-order valence-corrected chi connectivity index (χ2v) is 3.89. The van der Waals surface area contributed by atoms with Crippen molar-refractivity contribution in [2.45, 2.75) is 13.3 Å². The predicted octanol–water partition coefficient (Wildman–Crippen LogP) is 2.34. The van der Waals surface area contributed by atoms with Gasteiger partial charge < -0.3 is 15.3 Å². The maximum Gasteiger partial charge on any atom is 0.321 e. The van der Waals surface area contributed by atoms with Crippen molar-refractivity contribution in [1.82, 2.24) is 4.90 Å². The van der Waals surface area contributed by atoms with Crippen LogP contribution in [0.1, 0.15) is 13.3 Å². The molecule has 1 aromatic rings. The number of nitrogens with one attached hydrogen (secondary N) is 1. The molecule has 19 heavy (non-hydrogen) atoms. The largest absolute Gasteiger partial charge is 0.395 e. The van der Waals surface area contributed by atoms with Gasteiger partial charge in [-0.25, -0.2) is 18.0 Å². The Morgan fingerprint density at radius 2 is 1.84 bits per heavy atom. The Kier molecular flexibility index (Phi) is 5.62. The zero-order valence-corrected chi connectivity index (χ0v) is 10.4. The van der Waals surface area contributed by atoms with Crippen LogP contribution in [0.15, 0.2) is 12.1 Å². The number of carbonyl (C=O) groups is 1. The number of hydrogen-bond acceptors (Lipinski definition) is 2. The quantitative estimate of drug-likeness (QED) is 0.811. The number of urea groups is 1. The number of nitrogens with zero attached hydrogens (tertiary/aromatic N) is 1. The lowest BCUT2D eigenvalue weighted by molar-refractivity contribution is 0.188. The molecule has 0 radical (unpaired) electrons. The van der Waals surface area contributed by atoms with Crippen LogP contribution in [0.2, 0.25) is 0 Å². The highest BCUT2D eigenvalue weighted by molar-refractivity contribution is 5.89. The fourth-order valence-corrected chi connectivity index (χ4v) is 1.54. The maximum atomic E-state index is 13.0. The van der Waals surface area contributed by atoms with Crippen LogP contribution >= 0.6 is 0 Å². The van der Waals surface area contributed by atoms with Gasteiger partial charge in [-0.1, -0.05) is 6.92 Å². The lowest BCUT2D eigenvalue weighted by Crippen LogP contribution is -2.37. The van der Waals surface area contributed by atoms with Crippen molar-refractivity contribution < 1.29 is 23.1 Å². The van der Waals surface area contributed by atoms with E-state index < -0.39 is 23.5 Å². The van der Waals surface area contributed by atoms with Crippen LogP contribution in [0.3, 0.4) is 0 Å². The van der Waals surface area contributed by atoms with E-state index >= 15 is 0 Å². The number of hydrogen-bond donors (Lipinski definition) is 2. The number of carbonyl (C=O) groups excluding carboxylic acids is 1. The molecule has 0 unspecified atom stereocenters. The smallest absolute Gasteiger partial charge is 0.321 e. The molecular formula is C12H15F3N2O2. The van der Waals surface area contributed by atoms with Gasteiger partial charge in [0.25, 0.3) is 0 Å². The molecule has 0 aliphatic rings. The van der Waals surface area contributed by atoms with Gasteiger partial charge in [-0.2, -0.15) is 0 Å². The Morgan fingerprint density at radius 1 is 1.26 bits per heavy atom. The standard InChI is InChI=1S/C12H15F3N2O2/c1-2-3-17(4-5-18)12(19)16-8-6-9(13)11(15)10(14)7-8/h6-7,18H,2-5H2,1H3,(H,16,19). The molecule has 0 bridgehead atoms. The fourth-order valence-electron chi connectivity index (χ4n) is 1.54. The molecule has 0 saturated carbocycles. The van der Waals surface area contributed by atoms with Gasteiger partial charge in [-0.3, -0.25) is 0 Å². The van der Waals surface area contributed by atoms with Crippen molar-refractivity contribution in [3.63, 3.8) is 0 Å². The van der Waals surface area contributed by atoms with Crippen molar-refractivity contribution in [3.05, 3.63) is 29.6 Å². The number of amides is 2. The first kappa shape index (κ1) is 15.3. The first-order chi connectivity index (χ1) is 8.99. The molecule has 1 rings (SSSR count). The molecule has 7 heteroatoms. The van der Waals surface area contributed by atoms with Gasteiger partial charge in [0.15, 0.2) is 17.5 Å². The summed E-state index contributed by atoms with van der Waals surface area (Å²) in [5.41, 5.74) is -0.180. The first-order valence-corrected chi connectivity index (χ1v) is 5.81. The van der Waals surface area contributed by atoms with Crippen molar-refractivity contribution in [1.29, 1.82) is 0 Å². The minimum atomic E-state index is -1.58. The molecule has 2 amide bonds. The highest BCUT2D eigenvalue weighted by Crippen LogP contribution is 2.17. The second kappa shape index (κ2) is 6.98. The molecule has 0 aliphatic heterocycles. The minimum Gasteiger partial charge on any atom is -0.395 e. The molecular weight excluding hydrogens is 261 g/mol. The van der Waals surface area contributed by atoms with Gasteiger partial charge in [0.05, 0.1) is 6.61 Å². The Hall–Kier alpha value is -1.76. The summed E-state index contributed by atoms with van der Waals surface area (Å²) in [5.74, 6) is -4.34. The molecule has 0 aliphatic carbocycles. The zero-order valence-electron chi connectivity index (χ0n) is 10.4. The van der Waals surface area contributed by atoms with E-state index in [1.807, 2.05) is 6.92 Å². The van der Waals surface area contributed by atoms with E-state index in [-0.39, 0.29) is 18.8 Å². The second-order valence-electron chi connectivity index (χ2n) is 3.89. The van der Waals surface area contributed by atoms with Crippen LogP contribution in [0.25, 0.3) is 0 Å². The number of anilines is 1. The van der Waals surface area contributed by atoms with Crippen molar-refractivity contribution in [2.24, 2.45) is 0 Å². The average Bonchev–Trinajstić information content (AvgIpc) is 2.35. The summed E-state index contributed by atoms with van der Waals surface area (Å²) in [6.45, 7) is 2.11. The number of aliphatic hydroxyl groups excluding tert-OH is 1. The highest BCUT2D eigenvalue weighted by atomic mass is 19.2. The molecule has 106 valence electrons. The zero-order chi connectivity index (χ0) is 14.4. The summed E-state index contributed by atoms with van der Waals surface area (Å²) < 4.78 is 38.7. The van der Waals surface area contributed by atoms with Crippen LogP contribution in [-0.2, 0) is 0 Å². The van der Waals surface area contributed by atoms with Crippen LogP contribution < -0.4 is 5.32 Å². The molecule has 0 aromatic heterocycles. The first-order valence-electron chi connectivity index (χ1n) is 5.81. The Labute approximate surface area is 108 Å².